The molecule has 0 fully saturated rings. The Kier molecular flexibility index (Phi) is 4.57. The van der Waals surface area contributed by atoms with Crippen molar-refractivity contribution >= 4 is 11.7 Å². The zero-order valence-electron chi connectivity index (χ0n) is 9.31. The lowest BCUT2D eigenvalue weighted by Gasteiger charge is -2.06. The first kappa shape index (κ1) is 12.3. The number of esters is 1. The molecule has 88 valence electrons. The number of nitrogen functional groups attached to an aromatic ring is 1. The fourth-order valence-corrected chi connectivity index (χ4v) is 1.19. The number of pyridine rings is 1. The number of nitrogens with two attached hydrogens (primary N) is 1. The summed E-state index contributed by atoms with van der Waals surface area (Å²) >= 11 is 0. The first-order chi connectivity index (χ1) is 7.65. The molecular weight excluding hydrogens is 208 g/mol. The monoisotopic (exact) mass is 224 g/mol. The molecule has 0 aliphatic heterocycles. The standard InChI is InChI=1S/C11H16N2O3/c1-2-3-7-16-10(14)8-13-6-4-5-9(12)11(13)15/h4-6H,2-3,7-8,12H2,1H3. The van der Waals surface area contributed by atoms with Gasteiger partial charge in [0.15, 0.2) is 0 Å². The summed E-state index contributed by atoms with van der Waals surface area (Å²) in [6.45, 7) is 2.32. The molecule has 1 aromatic rings. The summed E-state index contributed by atoms with van der Waals surface area (Å²) in [6.07, 6.45) is 3.31. The molecule has 0 aliphatic rings. The van der Waals surface area contributed by atoms with Gasteiger partial charge in [0.1, 0.15) is 6.54 Å². The first-order valence-corrected chi connectivity index (χ1v) is 5.25. The van der Waals surface area contributed by atoms with Crippen molar-refractivity contribution in [2.24, 2.45) is 0 Å². The van der Waals surface area contributed by atoms with Gasteiger partial charge >= 0.3 is 5.97 Å². The van der Waals surface area contributed by atoms with Crippen LogP contribution in [0.5, 0.6) is 0 Å². The Morgan fingerprint density at radius 1 is 1.56 bits per heavy atom. The Bertz CT molecular complexity index is 412. The van der Waals surface area contributed by atoms with E-state index in [1.165, 1.54) is 16.8 Å². The predicted octanol–water partition coefficient (Wildman–Crippen LogP) is 0.774. The highest BCUT2D eigenvalue weighted by atomic mass is 16.5. The zero-order chi connectivity index (χ0) is 12.0. The number of rotatable bonds is 5. The minimum Gasteiger partial charge on any atom is -0.464 e. The summed E-state index contributed by atoms with van der Waals surface area (Å²) in [4.78, 5) is 22.8. The fourth-order valence-electron chi connectivity index (χ4n) is 1.19. The Hall–Kier alpha value is -1.78. The van der Waals surface area contributed by atoms with E-state index in [1.807, 2.05) is 6.92 Å². The normalized spacial score (nSPS) is 10.1. The van der Waals surface area contributed by atoms with Gasteiger partial charge in [-0.3, -0.25) is 9.59 Å². The fraction of sp³-hybridized carbons (Fsp3) is 0.455. The number of nitrogens with zero attached hydrogens (tertiary/aromatic N) is 1. The van der Waals surface area contributed by atoms with E-state index >= 15 is 0 Å². The van der Waals surface area contributed by atoms with Gasteiger partial charge in [-0.1, -0.05) is 13.3 Å². The Morgan fingerprint density at radius 3 is 3.00 bits per heavy atom. The van der Waals surface area contributed by atoms with E-state index in [1.54, 1.807) is 6.07 Å². The molecule has 5 heteroatoms. The van der Waals surface area contributed by atoms with Gasteiger partial charge in [0.2, 0.25) is 0 Å². The Balaban J connectivity index is 2.56. The summed E-state index contributed by atoms with van der Waals surface area (Å²) in [7, 11) is 0. The van der Waals surface area contributed by atoms with Crippen molar-refractivity contribution in [1.29, 1.82) is 0 Å². The second kappa shape index (κ2) is 5.95. The average molecular weight is 224 g/mol. The van der Waals surface area contributed by atoms with Crippen LogP contribution < -0.4 is 11.3 Å². The van der Waals surface area contributed by atoms with Crippen LogP contribution in [0.15, 0.2) is 23.1 Å². The van der Waals surface area contributed by atoms with Crippen LogP contribution in [0.1, 0.15) is 19.8 Å². The van der Waals surface area contributed by atoms with Crippen LogP contribution in [0.2, 0.25) is 0 Å². The molecule has 0 unspecified atom stereocenters. The van der Waals surface area contributed by atoms with Gasteiger partial charge in [-0.15, -0.1) is 0 Å². The third-order valence-corrected chi connectivity index (χ3v) is 2.11. The van der Waals surface area contributed by atoms with Gasteiger partial charge in [0, 0.05) is 6.20 Å². The highest BCUT2D eigenvalue weighted by molar-refractivity contribution is 5.69. The van der Waals surface area contributed by atoms with E-state index in [9.17, 15) is 9.59 Å². The highest BCUT2D eigenvalue weighted by Crippen LogP contribution is 1.94. The predicted molar refractivity (Wildman–Crippen MR) is 61.0 cm³/mol. The number of carbonyl (C=O) groups excluding carboxylic acids is 1. The molecule has 0 aliphatic carbocycles. The van der Waals surface area contributed by atoms with Gasteiger partial charge in [-0.05, 0) is 18.6 Å². The van der Waals surface area contributed by atoms with Crippen LogP contribution in [0.4, 0.5) is 5.69 Å². The maximum atomic E-state index is 11.5. The minimum absolute atomic E-state index is 0.0897. The first-order valence-electron chi connectivity index (χ1n) is 5.25. The van der Waals surface area contributed by atoms with Gasteiger partial charge in [-0.2, -0.15) is 0 Å². The summed E-state index contributed by atoms with van der Waals surface area (Å²) in [5.41, 5.74) is 5.20. The molecular formula is C11H16N2O3. The molecule has 0 spiro atoms. The van der Waals surface area contributed by atoms with Crippen LogP contribution in [0.25, 0.3) is 0 Å². The van der Waals surface area contributed by atoms with Crippen LogP contribution >= 0.6 is 0 Å². The van der Waals surface area contributed by atoms with E-state index in [0.29, 0.717) is 6.61 Å². The molecule has 0 amide bonds. The third kappa shape index (κ3) is 3.42. The van der Waals surface area contributed by atoms with E-state index < -0.39 is 5.97 Å². The highest BCUT2D eigenvalue weighted by Gasteiger charge is 2.06. The third-order valence-electron chi connectivity index (χ3n) is 2.11. The number of carbonyl (C=O) groups is 1. The number of hydrogen-bond donors (Lipinski definition) is 1. The summed E-state index contributed by atoms with van der Waals surface area (Å²) in [5.74, 6) is -0.416. The molecule has 0 atom stereocenters. The molecule has 0 saturated carbocycles. The largest absolute Gasteiger partial charge is 0.464 e. The Labute approximate surface area is 93.8 Å². The molecule has 5 nitrogen and oxygen atoms in total. The van der Waals surface area contributed by atoms with E-state index in [2.05, 4.69) is 0 Å². The quantitative estimate of drug-likeness (QED) is 0.592. The van der Waals surface area contributed by atoms with E-state index in [4.69, 9.17) is 10.5 Å². The van der Waals surface area contributed by atoms with Crippen molar-refractivity contribution in [3.63, 3.8) is 0 Å². The summed E-state index contributed by atoms with van der Waals surface area (Å²) in [6, 6.07) is 3.12. The van der Waals surface area contributed by atoms with Crippen molar-refractivity contribution < 1.29 is 9.53 Å². The molecule has 0 aromatic carbocycles. The van der Waals surface area contributed by atoms with Gasteiger partial charge in [-0.25, -0.2) is 0 Å². The van der Waals surface area contributed by atoms with Gasteiger partial charge in [0.05, 0.1) is 12.3 Å². The van der Waals surface area contributed by atoms with Crippen LogP contribution in [-0.4, -0.2) is 17.1 Å². The number of aromatic nitrogens is 1. The van der Waals surface area contributed by atoms with Crippen molar-refractivity contribution in [2.45, 2.75) is 26.3 Å². The minimum atomic E-state index is -0.416. The van der Waals surface area contributed by atoms with Gasteiger partial charge in [0.25, 0.3) is 5.56 Å². The average Bonchev–Trinajstić information content (AvgIpc) is 2.25. The summed E-state index contributed by atoms with van der Waals surface area (Å²) in [5, 5.41) is 0. The second-order valence-corrected chi connectivity index (χ2v) is 3.47. The maximum absolute atomic E-state index is 11.5. The Morgan fingerprint density at radius 2 is 2.31 bits per heavy atom. The van der Waals surface area contributed by atoms with Crippen LogP contribution in [-0.2, 0) is 16.1 Å². The van der Waals surface area contributed by atoms with Crippen LogP contribution in [0.3, 0.4) is 0 Å². The molecule has 0 radical (unpaired) electrons. The van der Waals surface area contributed by atoms with Crippen molar-refractivity contribution in [2.75, 3.05) is 12.3 Å². The van der Waals surface area contributed by atoms with Crippen molar-refractivity contribution in [1.82, 2.24) is 4.57 Å². The topological polar surface area (TPSA) is 74.3 Å². The lowest BCUT2D eigenvalue weighted by molar-refractivity contribution is -0.144. The zero-order valence-corrected chi connectivity index (χ0v) is 9.31. The lowest BCUT2D eigenvalue weighted by Crippen LogP contribution is -2.26. The molecule has 1 heterocycles. The molecule has 0 bridgehead atoms. The smallest absolute Gasteiger partial charge is 0.326 e. The van der Waals surface area contributed by atoms with E-state index in [-0.39, 0.29) is 17.8 Å². The number of unbranched alkanes of at least 4 members (excludes halogenated alkanes) is 1. The lowest BCUT2D eigenvalue weighted by atomic mass is 10.4. The van der Waals surface area contributed by atoms with E-state index in [0.717, 1.165) is 12.8 Å². The number of anilines is 1. The molecule has 0 saturated heterocycles. The SMILES string of the molecule is CCCCOC(=O)Cn1cccc(N)c1=O. The number of hydrogen-bond acceptors (Lipinski definition) is 4. The molecule has 1 aromatic heterocycles. The van der Waals surface area contributed by atoms with Crippen molar-refractivity contribution in [3.8, 4) is 0 Å². The maximum Gasteiger partial charge on any atom is 0.326 e. The van der Waals surface area contributed by atoms with Gasteiger partial charge < -0.3 is 15.0 Å². The van der Waals surface area contributed by atoms with Crippen molar-refractivity contribution in [3.05, 3.63) is 28.7 Å². The molecule has 1 rings (SSSR count). The summed E-state index contributed by atoms with van der Waals surface area (Å²) < 4.78 is 6.18. The molecule has 2 N–H and O–H groups in total. The number of ether oxygens (including phenoxy) is 1. The van der Waals surface area contributed by atoms with Crippen LogP contribution in [0, 0.1) is 0 Å². The molecule has 16 heavy (non-hydrogen) atoms. The second-order valence-electron chi connectivity index (χ2n) is 3.47.